The van der Waals surface area contributed by atoms with Crippen molar-refractivity contribution in [2.24, 2.45) is 0 Å². The predicted octanol–water partition coefficient (Wildman–Crippen LogP) is 3.47. The number of hydrogen-bond donors (Lipinski definition) is 0. The van der Waals surface area contributed by atoms with Crippen molar-refractivity contribution in [2.45, 2.75) is 38.0 Å². The minimum Gasteiger partial charge on any atom is -0.374 e. The van der Waals surface area contributed by atoms with E-state index in [1.807, 2.05) is 6.20 Å². The van der Waals surface area contributed by atoms with Gasteiger partial charge in [-0.25, -0.2) is 9.97 Å². The number of imidazole rings is 1. The maximum atomic E-state index is 6.16. The molecule has 1 aromatic carbocycles. The van der Waals surface area contributed by atoms with Crippen molar-refractivity contribution in [1.29, 1.82) is 0 Å². The highest BCUT2D eigenvalue weighted by Gasteiger charge is 2.30. The Balaban J connectivity index is 1.06. The lowest BCUT2D eigenvalue weighted by molar-refractivity contribution is 0.0409. The van der Waals surface area contributed by atoms with Crippen LogP contribution in [-0.2, 0) is 24.1 Å². The Labute approximate surface area is 221 Å². The fourth-order valence-corrected chi connectivity index (χ4v) is 6.80. The van der Waals surface area contributed by atoms with Crippen LogP contribution >= 0.6 is 11.3 Å². The molecule has 192 valence electrons. The molecule has 0 spiro atoms. The standard InChI is InChI=1S/C28H33N7OS/c1-2-4-21(5-3-1)16-23-18-35(14-15-36-23)27-24-19-37-20-25(24)30-28(31-27)33-12-10-32(11-13-33)22-6-7-26-29-8-9-34(26)17-22/h1-5,8-9,19-20,22-23H,6-7,10-18H2. The van der Waals surface area contributed by atoms with Gasteiger partial charge in [-0.3, -0.25) is 4.90 Å². The first kappa shape index (κ1) is 23.1. The highest BCUT2D eigenvalue weighted by atomic mass is 32.1. The lowest BCUT2D eigenvalue weighted by atomic mass is 10.0. The van der Waals surface area contributed by atoms with Crippen LogP contribution in [0.3, 0.4) is 0 Å². The van der Waals surface area contributed by atoms with Crippen LogP contribution in [-0.4, -0.2) is 82.4 Å². The number of rotatable bonds is 5. The van der Waals surface area contributed by atoms with Gasteiger partial charge in [0.1, 0.15) is 11.6 Å². The summed E-state index contributed by atoms with van der Waals surface area (Å²) in [5, 5.41) is 5.51. The van der Waals surface area contributed by atoms with Gasteiger partial charge in [0.2, 0.25) is 5.95 Å². The third kappa shape index (κ3) is 4.71. The lowest BCUT2D eigenvalue weighted by Gasteiger charge is -2.41. The molecule has 4 aromatic rings. The third-order valence-corrected chi connectivity index (χ3v) is 8.81. The first-order valence-electron chi connectivity index (χ1n) is 13.4. The molecule has 3 aliphatic heterocycles. The topological polar surface area (TPSA) is 62.6 Å². The molecule has 0 radical (unpaired) electrons. The molecule has 0 N–H and O–H groups in total. The largest absolute Gasteiger partial charge is 0.374 e. The Morgan fingerprint density at radius 1 is 0.946 bits per heavy atom. The summed E-state index contributed by atoms with van der Waals surface area (Å²) >= 11 is 1.71. The molecular formula is C28H33N7OS. The molecule has 0 amide bonds. The van der Waals surface area contributed by atoms with Crippen LogP contribution in [0.4, 0.5) is 11.8 Å². The fourth-order valence-electron chi connectivity index (χ4n) is 6.06. The fraction of sp³-hybridized carbons (Fsp3) is 0.464. The van der Waals surface area contributed by atoms with Gasteiger partial charge in [0.25, 0.3) is 0 Å². The minimum absolute atomic E-state index is 0.165. The van der Waals surface area contributed by atoms with E-state index in [9.17, 15) is 0 Å². The van der Waals surface area contributed by atoms with Gasteiger partial charge >= 0.3 is 0 Å². The van der Waals surface area contributed by atoms with Crippen LogP contribution < -0.4 is 9.80 Å². The van der Waals surface area contributed by atoms with E-state index in [1.165, 1.54) is 17.8 Å². The summed E-state index contributed by atoms with van der Waals surface area (Å²) in [4.78, 5) is 22.1. The molecule has 7 rings (SSSR count). The van der Waals surface area contributed by atoms with E-state index in [4.69, 9.17) is 14.7 Å². The quantitative estimate of drug-likeness (QED) is 0.403. The van der Waals surface area contributed by atoms with Crippen molar-refractivity contribution in [3.63, 3.8) is 0 Å². The SMILES string of the molecule is c1ccc(CC2CN(c3nc(N4CCN(C5CCc6nccn6C5)CC4)nc4cscc34)CCO2)cc1. The Hall–Kier alpha value is -3.01. The molecule has 2 unspecified atom stereocenters. The molecule has 0 bridgehead atoms. The Bertz CT molecular complexity index is 1350. The number of piperazine rings is 1. The predicted molar refractivity (Wildman–Crippen MR) is 148 cm³/mol. The number of fused-ring (bicyclic) bond motifs is 2. The Kier molecular flexibility index (Phi) is 6.28. The van der Waals surface area contributed by atoms with Crippen molar-refractivity contribution in [3.8, 4) is 0 Å². The van der Waals surface area contributed by atoms with Gasteiger partial charge in [-0.05, 0) is 12.0 Å². The van der Waals surface area contributed by atoms with Crippen molar-refractivity contribution < 1.29 is 4.74 Å². The maximum absolute atomic E-state index is 6.16. The van der Waals surface area contributed by atoms with E-state index in [1.54, 1.807) is 11.3 Å². The van der Waals surface area contributed by atoms with E-state index in [-0.39, 0.29) is 6.10 Å². The van der Waals surface area contributed by atoms with Gasteiger partial charge in [0.15, 0.2) is 0 Å². The van der Waals surface area contributed by atoms with Crippen LogP contribution in [0.5, 0.6) is 0 Å². The van der Waals surface area contributed by atoms with Crippen molar-refractivity contribution in [2.75, 3.05) is 55.7 Å². The summed E-state index contributed by atoms with van der Waals surface area (Å²) < 4.78 is 8.48. The Morgan fingerprint density at radius 2 is 1.84 bits per heavy atom. The van der Waals surface area contributed by atoms with Gasteiger partial charge < -0.3 is 19.1 Å². The summed E-state index contributed by atoms with van der Waals surface area (Å²) in [6.07, 6.45) is 7.41. The van der Waals surface area contributed by atoms with Gasteiger partial charge in [0.05, 0.1) is 23.6 Å². The molecular weight excluding hydrogens is 482 g/mol. The normalized spacial score (nSPS) is 22.9. The van der Waals surface area contributed by atoms with Crippen molar-refractivity contribution >= 4 is 34.0 Å². The highest BCUT2D eigenvalue weighted by Crippen LogP contribution is 2.31. The molecule has 0 saturated carbocycles. The zero-order chi connectivity index (χ0) is 24.6. The van der Waals surface area contributed by atoms with E-state index >= 15 is 0 Å². The maximum Gasteiger partial charge on any atom is 0.228 e. The summed E-state index contributed by atoms with van der Waals surface area (Å²) in [5.74, 6) is 3.16. The summed E-state index contributed by atoms with van der Waals surface area (Å²) in [6.45, 7) is 7.50. The molecule has 3 aliphatic rings. The van der Waals surface area contributed by atoms with E-state index in [0.29, 0.717) is 6.04 Å². The molecule has 0 aliphatic carbocycles. The number of thiophene rings is 1. The second kappa shape index (κ2) is 10.0. The summed E-state index contributed by atoms with van der Waals surface area (Å²) in [7, 11) is 0. The van der Waals surface area contributed by atoms with Crippen LogP contribution in [0.2, 0.25) is 0 Å². The zero-order valence-corrected chi connectivity index (χ0v) is 21.9. The first-order chi connectivity index (χ1) is 18.3. The highest BCUT2D eigenvalue weighted by molar-refractivity contribution is 7.09. The van der Waals surface area contributed by atoms with Crippen molar-refractivity contribution in [3.05, 3.63) is 64.9 Å². The van der Waals surface area contributed by atoms with Crippen LogP contribution in [0.25, 0.3) is 10.9 Å². The third-order valence-electron chi connectivity index (χ3n) is 8.08. The number of hydrogen-bond acceptors (Lipinski definition) is 8. The van der Waals surface area contributed by atoms with Crippen LogP contribution in [0, 0.1) is 0 Å². The molecule has 8 nitrogen and oxygen atoms in total. The lowest BCUT2D eigenvalue weighted by Crippen LogP contribution is -2.53. The average Bonchev–Trinajstić information content (AvgIpc) is 3.62. The first-order valence-corrected chi connectivity index (χ1v) is 14.4. The molecule has 2 saturated heterocycles. The zero-order valence-electron chi connectivity index (χ0n) is 21.1. The van der Waals surface area contributed by atoms with E-state index in [2.05, 4.69) is 71.5 Å². The summed E-state index contributed by atoms with van der Waals surface area (Å²) in [5.41, 5.74) is 2.37. The average molecular weight is 516 g/mol. The Morgan fingerprint density at radius 3 is 2.73 bits per heavy atom. The number of nitrogens with zero attached hydrogens (tertiary/aromatic N) is 7. The van der Waals surface area contributed by atoms with Gasteiger partial charge in [-0.2, -0.15) is 4.98 Å². The van der Waals surface area contributed by atoms with E-state index in [0.717, 1.165) is 87.9 Å². The molecule has 3 aromatic heterocycles. The minimum atomic E-state index is 0.165. The number of ether oxygens (including phenoxy) is 1. The van der Waals surface area contributed by atoms with Crippen LogP contribution in [0.1, 0.15) is 17.8 Å². The number of morpholine rings is 1. The van der Waals surface area contributed by atoms with Crippen LogP contribution in [0.15, 0.2) is 53.5 Å². The molecule has 9 heteroatoms. The molecule has 2 atom stereocenters. The molecule has 37 heavy (non-hydrogen) atoms. The smallest absolute Gasteiger partial charge is 0.228 e. The molecule has 6 heterocycles. The molecule has 2 fully saturated rings. The number of benzene rings is 1. The van der Waals surface area contributed by atoms with Gasteiger partial charge in [0, 0.05) is 87.9 Å². The number of aryl methyl sites for hydroxylation is 1. The van der Waals surface area contributed by atoms with Gasteiger partial charge in [-0.15, -0.1) is 11.3 Å². The summed E-state index contributed by atoms with van der Waals surface area (Å²) in [6, 6.07) is 11.2. The van der Waals surface area contributed by atoms with Gasteiger partial charge in [-0.1, -0.05) is 30.3 Å². The number of anilines is 2. The monoisotopic (exact) mass is 515 g/mol. The van der Waals surface area contributed by atoms with E-state index < -0.39 is 0 Å². The second-order valence-electron chi connectivity index (χ2n) is 10.4. The second-order valence-corrected chi connectivity index (χ2v) is 11.1. The van der Waals surface area contributed by atoms with Crippen molar-refractivity contribution in [1.82, 2.24) is 24.4 Å². The number of aromatic nitrogens is 4.